The van der Waals surface area contributed by atoms with E-state index in [4.69, 9.17) is 6.42 Å². The molecular formula is C13H17N. The number of terminal acetylenes is 1. The van der Waals surface area contributed by atoms with Crippen LogP contribution in [0.25, 0.3) is 0 Å². The molecule has 1 nitrogen and oxygen atoms in total. The smallest absolute Gasteiger partial charge is 0.00981 e. The summed E-state index contributed by atoms with van der Waals surface area (Å²) in [7, 11) is 0. The van der Waals surface area contributed by atoms with Crippen LogP contribution >= 0.6 is 0 Å². The molecule has 0 aliphatic rings. The summed E-state index contributed by atoms with van der Waals surface area (Å²) in [6, 6.07) is 10.5. The minimum absolute atomic E-state index is 0.873. The first-order chi connectivity index (χ1) is 6.93. The highest BCUT2D eigenvalue weighted by molar-refractivity contribution is 5.14. The molecule has 0 unspecified atom stereocenters. The number of benzene rings is 1. The fourth-order valence-electron chi connectivity index (χ4n) is 1.32. The summed E-state index contributed by atoms with van der Waals surface area (Å²) in [5.74, 6) is 2.64. The van der Waals surface area contributed by atoms with Gasteiger partial charge < -0.3 is 5.32 Å². The van der Waals surface area contributed by atoms with Crippen molar-refractivity contribution in [3.05, 3.63) is 35.9 Å². The molecule has 0 aliphatic carbocycles. The van der Waals surface area contributed by atoms with Crippen LogP contribution in [0.2, 0.25) is 0 Å². The molecule has 1 aromatic rings. The summed E-state index contributed by atoms with van der Waals surface area (Å²) in [5, 5.41) is 3.37. The van der Waals surface area contributed by atoms with Gasteiger partial charge in [0.05, 0.1) is 0 Å². The maximum Gasteiger partial charge on any atom is 0.00981 e. The molecule has 1 rings (SSSR count). The fraction of sp³-hybridized carbons (Fsp3) is 0.385. The molecule has 0 heterocycles. The SMILES string of the molecule is C#CCCCNCCc1ccccc1. The second-order valence-electron chi connectivity index (χ2n) is 3.29. The van der Waals surface area contributed by atoms with E-state index in [1.54, 1.807) is 0 Å². The van der Waals surface area contributed by atoms with Gasteiger partial charge in [0.25, 0.3) is 0 Å². The summed E-state index contributed by atoms with van der Waals surface area (Å²) in [6.45, 7) is 2.06. The van der Waals surface area contributed by atoms with Gasteiger partial charge in [-0.1, -0.05) is 30.3 Å². The number of hydrogen-bond acceptors (Lipinski definition) is 1. The first-order valence-corrected chi connectivity index (χ1v) is 5.11. The second kappa shape index (κ2) is 7.17. The number of nitrogens with one attached hydrogen (secondary N) is 1. The van der Waals surface area contributed by atoms with Gasteiger partial charge in [0.1, 0.15) is 0 Å². The van der Waals surface area contributed by atoms with Gasteiger partial charge in [-0.05, 0) is 31.5 Å². The third-order valence-corrected chi connectivity index (χ3v) is 2.11. The quantitative estimate of drug-likeness (QED) is 0.532. The van der Waals surface area contributed by atoms with E-state index in [0.29, 0.717) is 0 Å². The molecule has 0 aliphatic heterocycles. The lowest BCUT2D eigenvalue weighted by atomic mass is 10.1. The lowest BCUT2D eigenvalue weighted by Gasteiger charge is -2.03. The van der Waals surface area contributed by atoms with Crippen LogP contribution in [0.1, 0.15) is 18.4 Å². The van der Waals surface area contributed by atoms with E-state index in [9.17, 15) is 0 Å². The molecule has 74 valence electrons. The van der Waals surface area contributed by atoms with Crippen LogP contribution in [-0.4, -0.2) is 13.1 Å². The predicted octanol–water partition coefficient (Wildman–Crippen LogP) is 2.23. The Morgan fingerprint density at radius 1 is 1.14 bits per heavy atom. The van der Waals surface area contributed by atoms with Crippen molar-refractivity contribution >= 4 is 0 Å². The van der Waals surface area contributed by atoms with E-state index in [0.717, 1.165) is 32.4 Å². The Bertz CT molecular complexity index is 271. The van der Waals surface area contributed by atoms with Crippen LogP contribution in [0.5, 0.6) is 0 Å². The topological polar surface area (TPSA) is 12.0 Å². The van der Waals surface area contributed by atoms with E-state index < -0.39 is 0 Å². The minimum Gasteiger partial charge on any atom is -0.316 e. The molecule has 0 amide bonds. The maximum absolute atomic E-state index is 5.16. The molecule has 0 saturated carbocycles. The first-order valence-electron chi connectivity index (χ1n) is 5.11. The fourth-order valence-corrected chi connectivity index (χ4v) is 1.32. The molecule has 1 N–H and O–H groups in total. The van der Waals surface area contributed by atoms with Crippen molar-refractivity contribution in [2.75, 3.05) is 13.1 Å². The normalized spacial score (nSPS) is 9.64. The van der Waals surface area contributed by atoms with Crippen molar-refractivity contribution in [3.63, 3.8) is 0 Å². The van der Waals surface area contributed by atoms with E-state index in [1.165, 1.54) is 5.56 Å². The van der Waals surface area contributed by atoms with Crippen LogP contribution in [0.15, 0.2) is 30.3 Å². The summed E-state index contributed by atoms with van der Waals surface area (Å²) in [4.78, 5) is 0. The molecule has 0 spiro atoms. The van der Waals surface area contributed by atoms with Gasteiger partial charge in [0.2, 0.25) is 0 Å². The van der Waals surface area contributed by atoms with E-state index >= 15 is 0 Å². The van der Waals surface area contributed by atoms with Crippen molar-refractivity contribution in [2.45, 2.75) is 19.3 Å². The third-order valence-electron chi connectivity index (χ3n) is 2.11. The van der Waals surface area contributed by atoms with E-state index in [1.807, 2.05) is 6.07 Å². The summed E-state index contributed by atoms with van der Waals surface area (Å²) in [5.41, 5.74) is 1.39. The highest BCUT2D eigenvalue weighted by Gasteiger charge is 1.90. The second-order valence-corrected chi connectivity index (χ2v) is 3.29. The number of unbranched alkanes of at least 4 members (excludes halogenated alkanes) is 1. The van der Waals surface area contributed by atoms with Gasteiger partial charge in [-0.2, -0.15) is 0 Å². The average Bonchev–Trinajstić information content (AvgIpc) is 2.25. The Morgan fingerprint density at radius 2 is 1.93 bits per heavy atom. The van der Waals surface area contributed by atoms with Crippen LogP contribution in [-0.2, 0) is 6.42 Å². The van der Waals surface area contributed by atoms with Crippen molar-refractivity contribution in [1.29, 1.82) is 0 Å². The molecule has 0 bridgehead atoms. The molecule has 1 heteroatoms. The van der Waals surface area contributed by atoms with Crippen LogP contribution < -0.4 is 5.32 Å². The van der Waals surface area contributed by atoms with Crippen molar-refractivity contribution < 1.29 is 0 Å². The third kappa shape index (κ3) is 4.69. The number of hydrogen-bond donors (Lipinski definition) is 1. The molecule has 1 aromatic carbocycles. The molecule has 0 fully saturated rings. The molecule has 0 aromatic heterocycles. The van der Waals surface area contributed by atoms with Crippen LogP contribution in [0.3, 0.4) is 0 Å². The zero-order valence-electron chi connectivity index (χ0n) is 8.50. The average molecular weight is 187 g/mol. The summed E-state index contributed by atoms with van der Waals surface area (Å²) >= 11 is 0. The monoisotopic (exact) mass is 187 g/mol. The summed E-state index contributed by atoms with van der Waals surface area (Å²) < 4.78 is 0. The predicted molar refractivity (Wildman–Crippen MR) is 61.1 cm³/mol. The Labute approximate surface area is 86.5 Å². The van der Waals surface area contributed by atoms with Crippen LogP contribution in [0, 0.1) is 12.3 Å². The van der Waals surface area contributed by atoms with Crippen molar-refractivity contribution in [2.24, 2.45) is 0 Å². The first kappa shape index (κ1) is 10.8. The minimum atomic E-state index is 0.873. The van der Waals surface area contributed by atoms with E-state index in [-0.39, 0.29) is 0 Å². The standard InChI is InChI=1S/C13H17N/c1-2-3-7-11-14-12-10-13-8-5-4-6-9-13/h1,4-6,8-9,14H,3,7,10-12H2. The maximum atomic E-state index is 5.16. The van der Waals surface area contributed by atoms with Crippen molar-refractivity contribution in [3.8, 4) is 12.3 Å². The van der Waals surface area contributed by atoms with Gasteiger partial charge in [0, 0.05) is 6.42 Å². The van der Waals surface area contributed by atoms with Gasteiger partial charge in [-0.25, -0.2) is 0 Å². The van der Waals surface area contributed by atoms with Gasteiger partial charge in [0.15, 0.2) is 0 Å². The highest BCUT2D eigenvalue weighted by Crippen LogP contribution is 1.98. The van der Waals surface area contributed by atoms with Crippen molar-refractivity contribution in [1.82, 2.24) is 5.32 Å². The van der Waals surface area contributed by atoms with Gasteiger partial charge in [-0.3, -0.25) is 0 Å². The number of rotatable bonds is 6. The Balaban J connectivity index is 2.03. The van der Waals surface area contributed by atoms with Crippen LogP contribution in [0.4, 0.5) is 0 Å². The van der Waals surface area contributed by atoms with Gasteiger partial charge >= 0.3 is 0 Å². The molecule has 0 radical (unpaired) electrons. The largest absolute Gasteiger partial charge is 0.316 e. The Kier molecular flexibility index (Phi) is 5.54. The molecule has 0 atom stereocenters. The Morgan fingerprint density at radius 3 is 2.64 bits per heavy atom. The molecule has 14 heavy (non-hydrogen) atoms. The zero-order valence-corrected chi connectivity index (χ0v) is 8.50. The lowest BCUT2D eigenvalue weighted by molar-refractivity contribution is 0.656. The highest BCUT2D eigenvalue weighted by atomic mass is 14.8. The lowest BCUT2D eigenvalue weighted by Crippen LogP contribution is -2.18. The molecular weight excluding hydrogens is 170 g/mol. The Hall–Kier alpha value is -1.26. The van der Waals surface area contributed by atoms with Gasteiger partial charge in [-0.15, -0.1) is 12.3 Å². The summed E-state index contributed by atoms with van der Waals surface area (Å²) in [6.07, 6.45) is 8.20. The zero-order chi connectivity index (χ0) is 10.1. The van der Waals surface area contributed by atoms with E-state index in [2.05, 4.69) is 35.5 Å². The molecule has 0 saturated heterocycles.